The van der Waals surface area contributed by atoms with Crippen molar-refractivity contribution in [3.05, 3.63) is 82.9 Å². The molecule has 14 heteroatoms. The summed E-state index contributed by atoms with van der Waals surface area (Å²) in [6.45, 7) is 8.11. The Labute approximate surface area is 312 Å². The molecular formula is C40H47NO13. The average molecular weight is 750 g/mol. The van der Waals surface area contributed by atoms with Crippen molar-refractivity contribution in [3.63, 3.8) is 0 Å². The Kier molecular flexibility index (Phi) is 10.2. The zero-order valence-electron chi connectivity index (χ0n) is 31.0. The Morgan fingerprint density at radius 1 is 0.944 bits per heavy atom. The lowest BCUT2D eigenvalue weighted by atomic mass is 9.44. The number of ether oxygens (including phenoxy) is 4. The molecule has 290 valence electrons. The fourth-order valence-corrected chi connectivity index (χ4v) is 9.34. The number of carbonyl (C=O) groups is 5. The molecule has 0 radical (unpaired) electrons. The first-order valence-corrected chi connectivity index (χ1v) is 17.9. The number of hydrogen-bond acceptors (Lipinski definition) is 13. The zero-order valence-corrected chi connectivity index (χ0v) is 31.0. The second kappa shape index (κ2) is 14.0. The number of Topliss-reactive ketones (excluding diaryl/α,β-unsaturated/α-hetero) is 1. The predicted molar refractivity (Wildman–Crippen MR) is 188 cm³/mol. The third-order valence-corrected chi connectivity index (χ3v) is 12.3. The molecule has 5 N–H and O–H groups in total. The van der Waals surface area contributed by atoms with Gasteiger partial charge in [-0.15, -0.1) is 0 Å². The summed E-state index contributed by atoms with van der Waals surface area (Å²) in [7, 11) is 0. The van der Waals surface area contributed by atoms with Gasteiger partial charge in [-0.25, -0.2) is 9.59 Å². The number of ketones is 1. The maximum absolute atomic E-state index is 14.9. The molecule has 54 heavy (non-hydrogen) atoms. The van der Waals surface area contributed by atoms with Crippen molar-refractivity contribution in [2.45, 2.75) is 108 Å². The van der Waals surface area contributed by atoms with E-state index in [1.54, 1.807) is 62.4 Å². The number of esters is 3. The van der Waals surface area contributed by atoms with Crippen LogP contribution in [0.15, 0.2) is 71.8 Å². The topological polar surface area (TPSA) is 215 Å². The van der Waals surface area contributed by atoms with Gasteiger partial charge in [-0.3, -0.25) is 14.4 Å². The van der Waals surface area contributed by atoms with Crippen molar-refractivity contribution in [2.24, 2.45) is 16.7 Å². The standard InChI is InChI=1S/C40H47NO13/c1-20-25(52-36(49)31(46)29(41-21(2)42)23-13-9-7-10-14-23)18-40(50)34(53-35(48)24-15-11-8-12-16-24)32-38(6,33(47)30(45)28(20)37(40,4)5)26(44)17-27-39(32,19-51-27)54-22(3)43/h7-16,25-27,29-32,34,44-46,50H,17-19H2,1-6H3,(H,41,42)/t25-,26-,27+,29-,30+,31+,32-,34-,38+,39-,40+/m0/s1. The lowest BCUT2D eigenvalue weighted by Crippen LogP contribution is -2.81. The Bertz CT molecular complexity index is 1860. The van der Waals surface area contributed by atoms with Crippen molar-refractivity contribution in [1.82, 2.24) is 5.32 Å². The molecule has 1 amide bonds. The molecule has 2 aromatic rings. The van der Waals surface area contributed by atoms with Gasteiger partial charge in [0.1, 0.15) is 30.0 Å². The molecule has 1 aliphatic heterocycles. The number of aliphatic hydroxyl groups excluding tert-OH is 3. The molecule has 14 nitrogen and oxygen atoms in total. The van der Waals surface area contributed by atoms with Crippen molar-refractivity contribution in [3.8, 4) is 0 Å². The maximum Gasteiger partial charge on any atom is 0.338 e. The highest BCUT2D eigenvalue weighted by Gasteiger charge is 2.78. The second-order valence-corrected chi connectivity index (χ2v) is 15.6. The summed E-state index contributed by atoms with van der Waals surface area (Å²) in [6.07, 6.45) is -10.3. The van der Waals surface area contributed by atoms with Crippen molar-refractivity contribution >= 4 is 29.6 Å². The van der Waals surface area contributed by atoms with Crippen molar-refractivity contribution in [1.29, 1.82) is 0 Å². The second-order valence-electron chi connectivity index (χ2n) is 15.6. The number of nitrogens with one attached hydrogen (secondary N) is 1. The molecule has 4 aliphatic rings. The number of benzene rings is 2. The van der Waals surface area contributed by atoms with Gasteiger partial charge in [-0.1, -0.05) is 62.4 Å². The first-order chi connectivity index (χ1) is 25.3. The minimum absolute atomic E-state index is 0.0452. The number of amides is 1. The van der Waals surface area contributed by atoms with Gasteiger partial charge in [-0.2, -0.15) is 0 Å². The molecule has 0 aromatic heterocycles. The Hall–Kier alpha value is -4.47. The van der Waals surface area contributed by atoms with Gasteiger partial charge in [0.25, 0.3) is 0 Å². The maximum atomic E-state index is 14.9. The van der Waals surface area contributed by atoms with Crippen LogP contribution in [0.25, 0.3) is 0 Å². The zero-order chi connectivity index (χ0) is 39.5. The van der Waals surface area contributed by atoms with Crippen molar-refractivity contribution in [2.75, 3.05) is 6.61 Å². The van der Waals surface area contributed by atoms with Crippen LogP contribution in [0.5, 0.6) is 0 Å². The summed E-state index contributed by atoms with van der Waals surface area (Å²) >= 11 is 0. The molecule has 2 aromatic carbocycles. The number of aliphatic hydroxyl groups is 4. The lowest BCUT2D eigenvalue weighted by molar-refractivity contribution is -0.346. The fourth-order valence-electron chi connectivity index (χ4n) is 9.34. The highest BCUT2D eigenvalue weighted by atomic mass is 16.6. The van der Waals surface area contributed by atoms with Gasteiger partial charge >= 0.3 is 17.9 Å². The van der Waals surface area contributed by atoms with E-state index in [9.17, 15) is 44.4 Å². The molecule has 6 rings (SSSR count). The predicted octanol–water partition coefficient (Wildman–Crippen LogP) is 1.87. The lowest BCUT2D eigenvalue weighted by Gasteiger charge is -2.67. The van der Waals surface area contributed by atoms with Gasteiger partial charge in [0.2, 0.25) is 5.91 Å². The molecule has 3 fully saturated rings. The van der Waals surface area contributed by atoms with Crippen LogP contribution in [0, 0.1) is 16.7 Å². The Balaban J connectivity index is 1.52. The van der Waals surface area contributed by atoms with Gasteiger partial charge < -0.3 is 44.7 Å². The minimum atomic E-state index is -2.32. The van der Waals surface area contributed by atoms with Crippen LogP contribution in [0.1, 0.15) is 76.3 Å². The summed E-state index contributed by atoms with van der Waals surface area (Å²) in [4.78, 5) is 67.6. The van der Waals surface area contributed by atoms with E-state index in [1.807, 2.05) is 0 Å². The SMILES string of the molecule is CC(=O)N[C@@H](c1ccccc1)[C@@H](O)C(=O)O[C@H]1C[C@@]2(O)[C@@H](OC(=O)c3ccccc3)[C@@H]3[C@]4(OC(C)=O)CO[C@@H]4C[C@H](O)[C@@]3(C)C(=O)[C@H](O)C(=C1C)C2(C)C. The average Bonchev–Trinajstić information content (AvgIpc) is 3.12. The first kappa shape index (κ1) is 39.2. The third-order valence-electron chi connectivity index (χ3n) is 12.3. The Morgan fingerprint density at radius 2 is 1.56 bits per heavy atom. The van der Waals surface area contributed by atoms with Gasteiger partial charge in [-0.05, 0) is 42.7 Å². The van der Waals surface area contributed by atoms with Crippen molar-refractivity contribution < 1.29 is 63.3 Å². The monoisotopic (exact) mass is 749 g/mol. The van der Waals surface area contributed by atoms with Crippen LogP contribution in [0.3, 0.4) is 0 Å². The van der Waals surface area contributed by atoms with Crippen LogP contribution in [-0.4, -0.2) is 104 Å². The smallest absolute Gasteiger partial charge is 0.338 e. The van der Waals surface area contributed by atoms with E-state index in [-0.39, 0.29) is 29.7 Å². The van der Waals surface area contributed by atoms with E-state index in [1.165, 1.54) is 32.9 Å². The summed E-state index contributed by atoms with van der Waals surface area (Å²) in [6, 6.07) is 14.9. The van der Waals surface area contributed by atoms with Gasteiger partial charge in [0.05, 0.1) is 35.6 Å². The normalized spacial score (nSPS) is 35.0. The molecule has 3 aliphatic carbocycles. The van der Waals surface area contributed by atoms with Crippen LogP contribution in [-0.2, 0) is 38.1 Å². The highest BCUT2D eigenvalue weighted by molar-refractivity contribution is 5.94. The van der Waals surface area contributed by atoms with Gasteiger partial charge in [0, 0.05) is 32.1 Å². The van der Waals surface area contributed by atoms with E-state index in [0.29, 0.717) is 5.56 Å². The van der Waals surface area contributed by atoms with E-state index >= 15 is 0 Å². The Morgan fingerprint density at radius 3 is 2.11 bits per heavy atom. The van der Waals surface area contributed by atoms with E-state index in [4.69, 9.17) is 18.9 Å². The van der Waals surface area contributed by atoms with E-state index < -0.39 is 107 Å². The number of carbonyl (C=O) groups excluding carboxylic acids is 5. The number of rotatable bonds is 8. The molecule has 1 saturated heterocycles. The van der Waals surface area contributed by atoms with E-state index in [0.717, 1.165) is 6.92 Å². The largest absolute Gasteiger partial charge is 0.456 e. The van der Waals surface area contributed by atoms with Crippen LogP contribution < -0.4 is 5.32 Å². The van der Waals surface area contributed by atoms with Crippen LogP contribution >= 0.6 is 0 Å². The summed E-state index contributed by atoms with van der Waals surface area (Å²) < 4.78 is 24.0. The third kappa shape index (κ3) is 6.04. The minimum Gasteiger partial charge on any atom is -0.456 e. The fraction of sp³-hybridized carbons (Fsp3) is 0.525. The quantitative estimate of drug-likeness (QED) is 0.148. The molecule has 0 spiro atoms. The van der Waals surface area contributed by atoms with Crippen LogP contribution in [0.4, 0.5) is 0 Å². The molecule has 11 atom stereocenters. The summed E-state index contributed by atoms with van der Waals surface area (Å²) in [5, 5.41) is 51.1. The highest BCUT2D eigenvalue weighted by Crippen LogP contribution is 2.64. The number of fused-ring (bicyclic) bond motifs is 5. The summed E-state index contributed by atoms with van der Waals surface area (Å²) in [5.74, 6) is -5.80. The van der Waals surface area contributed by atoms with Gasteiger partial charge in [0.15, 0.2) is 17.5 Å². The first-order valence-electron chi connectivity index (χ1n) is 17.9. The molecule has 2 bridgehead atoms. The van der Waals surface area contributed by atoms with E-state index in [2.05, 4.69) is 5.32 Å². The number of hydrogen-bond donors (Lipinski definition) is 5. The molecule has 2 saturated carbocycles. The molecule has 0 unspecified atom stereocenters. The van der Waals surface area contributed by atoms with Crippen LogP contribution in [0.2, 0.25) is 0 Å². The molecular weight excluding hydrogens is 702 g/mol. The molecule has 1 heterocycles. The summed E-state index contributed by atoms with van der Waals surface area (Å²) in [5.41, 5.74) is -7.01.